The lowest BCUT2D eigenvalue weighted by Crippen LogP contribution is -2.14. The molecule has 0 amide bonds. The lowest BCUT2D eigenvalue weighted by atomic mass is 10.2. The maximum absolute atomic E-state index is 11.9. The van der Waals surface area contributed by atoms with Crippen LogP contribution in [0.4, 0.5) is 5.69 Å². The number of nitrogen functional groups attached to an aromatic ring is 1. The van der Waals surface area contributed by atoms with Gasteiger partial charge >= 0.3 is 5.97 Å². The largest absolute Gasteiger partial charge is 0.490 e. The van der Waals surface area contributed by atoms with Crippen molar-refractivity contribution in [3.8, 4) is 5.75 Å². The van der Waals surface area contributed by atoms with Crippen LogP contribution in [-0.4, -0.2) is 24.2 Å². The van der Waals surface area contributed by atoms with Gasteiger partial charge in [0.15, 0.2) is 0 Å². The molecule has 21 heavy (non-hydrogen) atoms. The Bertz CT molecular complexity index is 629. The number of ether oxygens (including phenoxy) is 2. The van der Waals surface area contributed by atoms with Gasteiger partial charge in [0.2, 0.25) is 0 Å². The molecule has 0 unspecified atom stereocenters. The summed E-state index contributed by atoms with van der Waals surface area (Å²) in [6.07, 6.45) is 1.50. The number of benzene rings is 1. The minimum Gasteiger partial charge on any atom is -0.490 e. The molecule has 110 valence electrons. The number of halogens is 1. The standard InChI is InChI=1S/C15H15BrN2O3/c1-10-14(8-12(17)9-18-10)15(19)21-7-6-20-13-4-2-11(16)3-5-13/h2-5,8-9H,6-7,17H2,1H3. The molecule has 2 N–H and O–H groups in total. The summed E-state index contributed by atoms with van der Waals surface area (Å²) >= 11 is 3.34. The molecule has 0 spiro atoms. The number of aromatic nitrogens is 1. The van der Waals surface area contributed by atoms with Gasteiger partial charge in [-0.05, 0) is 37.3 Å². The van der Waals surface area contributed by atoms with Crippen LogP contribution in [0, 0.1) is 6.92 Å². The minimum absolute atomic E-state index is 0.156. The van der Waals surface area contributed by atoms with E-state index in [1.54, 1.807) is 13.0 Å². The van der Waals surface area contributed by atoms with E-state index in [4.69, 9.17) is 15.2 Å². The number of pyridine rings is 1. The molecule has 5 nitrogen and oxygen atoms in total. The number of carbonyl (C=O) groups excluding carboxylic acids is 1. The van der Waals surface area contributed by atoms with Gasteiger partial charge in [-0.1, -0.05) is 15.9 Å². The number of rotatable bonds is 5. The zero-order valence-electron chi connectivity index (χ0n) is 11.5. The van der Waals surface area contributed by atoms with E-state index >= 15 is 0 Å². The average molecular weight is 351 g/mol. The Morgan fingerprint density at radius 1 is 1.29 bits per heavy atom. The smallest absolute Gasteiger partial charge is 0.340 e. The Morgan fingerprint density at radius 2 is 2.00 bits per heavy atom. The summed E-state index contributed by atoms with van der Waals surface area (Å²) in [6, 6.07) is 8.97. The number of aryl methyl sites for hydroxylation is 1. The van der Waals surface area contributed by atoms with E-state index in [0.717, 1.165) is 10.2 Å². The molecular weight excluding hydrogens is 336 g/mol. The molecule has 0 aliphatic heterocycles. The number of nitrogens with two attached hydrogens (primary N) is 1. The van der Waals surface area contributed by atoms with Gasteiger partial charge in [-0.25, -0.2) is 4.79 Å². The van der Waals surface area contributed by atoms with Crippen LogP contribution < -0.4 is 10.5 Å². The predicted octanol–water partition coefficient (Wildman–Crippen LogP) is 2.97. The van der Waals surface area contributed by atoms with E-state index in [1.807, 2.05) is 24.3 Å². The van der Waals surface area contributed by atoms with Crippen molar-refractivity contribution in [3.05, 3.63) is 52.3 Å². The Balaban J connectivity index is 1.81. The molecule has 1 aromatic carbocycles. The monoisotopic (exact) mass is 350 g/mol. The third-order valence-corrected chi connectivity index (χ3v) is 3.26. The summed E-state index contributed by atoms with van der Waals surface area (Å²) in [6.45, 7) is 2.17. The molecule has 0 radical (unpaired) electrons. The normalized spacial score (nSPS) is 10.2. The maximum atomic E-state index is 11.9. The zero-order valence-corrected chi connectivity index (χ0v) is 13.1. The Kier molecular flexibility index (Phi) is 5.16. The van der Waals surface area contributed by atoms with Crippen molar-refractivity contribution < 1.29 is 14.3 Å². The highest BCUT2D eigenvalue weighted by Gasteiger charge is 2.11. The quantitative estimate of drug-likeness (QED) is 0.662. The number of hydrogen-bond acceptors (Lipinski definition) is 5. The first kappa shape index (κ1) is 15.3. The second-order valence-electron chi connectivity index (χ2n) is 4.34. The first-order valence-corrected chi connectivity index (χ1v) is 7.13. The van der Waals surface area contributed by atoms with Crippen molar-refractivity contribution in [1.82, 2.24) is 4.98 Å². The second kappa shape index (κ2) is 7.08. The first-order chi connectivity index (χ1) is 10.1. The average Bonchev–Trinajstić information content (AvgIpc) is 2.47. The van der Waals surface area contributed by atoms with Crippen LogP contribution >= 0.6 is 15.9 Å². The van der Waals surface area contributed by atoms with Crippen LogP contribution in [0.3, 0.4) is 0 Å². The van der Waals surface area contributed by atoms with Gasteiger partial charge in [0.05, 0.1) is 23.1 Å². The summed E-state index contributed by atoms with van der Waals surface area (Å²) in [7, 11) is 0. The highest BCUT2D eigenvalue weighted by atomic mass is 79.9. The third kappa shape index (κ3) is 4.46. The van der Waals surface area contributed by atoms with E-state index in [0.29, 0.717) is 16.9 Å². The molecule has 0 saturated heterocycles. The molecule has 1 aromatic heterocycles. The molecular formula is C15H15BrN2O3. The van der Waals surface area contributed by atoms with Crippen LogP contribution in [0.15, 0.2) is 41.0 Å². The van der Waals surface area contributed by atoms with E-state index in [-0.39, 0.29) is 13.2 Å². The van der Waals surface area contributed by atoms with E-state index in [1.165, 1.54) is 6.20 Å². The van der Waals surface area contributed by atoms with Crippen molar-refractivity contribution in [3.63, 3.8) is 0 Å². The van der Waals surface area contributed by atoms with Crippen molar-refractivity contribution in [2.75, 3.05) is 18.9 Å². The third-order valence-electron chi connectivity index (χ3n) is 2.73. The van der Waals surface area contributed by atoms with Crippen LogP contribution in [-0.2, 0) is 4.74 Å². The van der Waals surface area contributed by atoms with Gasteiger partial charge in [-0.15, -0.1) is 0 Å². The highest BCUT2D eigenvalue weighted by Crippen LogP contribution is 2.16. The molecule has 0 fully saturated rings. The van der Waals surface area contributed by atoms with Gasteiger partial charge in [0.1, 0.15) is 19.0 Å². The van der Waals surface area contributed by atoms with Gasteiger partial charge in [-0.2, -0.15) is 0 Å². The number of hydrogen-bond donors (Lipinski definition) is 1. The lowest BCUT2D eigenvalue weighted by molar-refractivity contribution is 0.0449. The predicted molar refractivity (Wildman–Crippen MR) is 83.3 cm³/mol. The van der Waals surface area contributed by atoms with Gasteiger partial charge < -0.3 is 15.2 Å². The summed E-state index contributed by atoms with van der Waals surface area (Å²) in [5, 5.41) is 0. The summed E-state index contributed by atoms with van der Waals surface area (Å²) < 4.78 is 11.6. The fourth-order valence-corrected chi connectivity index (χ4v) is 1.92. The minimum atomic E-state index is -0.452. The van der Waals surface area contributed by atoms with Crippen molar-refractivity contribution in [2.24, 2.45) is 0 Å². The van der Waals surface area contributed by atoms with E-state index < -0.39 is 5.97 Å². The summed E-state index contributed by atoms with van der Waals surface area (Å²) in [5.74, 6) is 0.266. The van der Waals surface area contributed by atoms with E-state index in [2.05, 4.69) is 20.9 Å². The summed E-state index contributed by atoms with van der Waals surface area (Å²) in [4.78, 5) is 15.9. The van der Waals surface area contributed by atoms with Crippen LogP contribution in [0.5, 0.6) is 5.75 Å². The van der Waals surface area contributed by atoms with Crippen molar-refractivity contribution in [1.29, 1.82) is 0 Å². The Labute approximate surface area is 131 Å². The lowest BCUT2D eigenvalue weighted by Gasteiger charge is -2.09. The second-order valence-corrected chi connectivity index (χ2v) is 5.26. The SMILES string of the molecule is Cc1ncc(N)cc1C(=O)OCCOc1ccc(Br)cc1. The molecule has 1 heterocycles. The van der Waals surface area contributed by atoms with Crippen LogP contribution in [0.25, 0.3) is 0 Å². The number of carbonyl (C=O) groups is 1. The molecule has 2 aromatic rings. The number of nitrogens with zero attached hydrogens (tertiary/aromatic N) is 1. The van der Waals surface area contributed by atoms with Crippen LogP contribution in [0.1, 0.15) is 16.1 Å². The van der Waals surface area contributed by atoms with Crippen molar-refractivity contribution in [2.45, 2.75) is 6.92 Å². The topological polar surface area (TPSA) is 74.4 Å². The summed E-state index contributed by atoms with van der Waals surface area (Å²) in [5.41, 5.74) is 7.00. The van der Waals surface area contributed by atoms with E-state index in [9.17, 15) is 4.79 Å². The molecule has 0 bridgehead atoms. The molecule has 0 aliphatic carbocycles. The Hall–Kier alpha value is -2.08. The number of esters is 1. The maximum Gasteiger partial charge on any atom is 0.340 e. The molecule has 0 aliphatic rings. The highest BCUT2D eigenvalue weighted by molar-refractivity contribution is 9.10. The molecule has 0 atom stereocenters. The molecule has 0 saturated carbocycles. The van der Waals surface area contributed by atoms with Crippen molar-refractivity contribution >= 4 is 27.6 Å². The van der Waals surface area contributed by atoms with Gasteiger partial charge in [-0.3, -0.25) is 4.98 Å². The molecule has 6 heteroatoms. The van der Waals surface area contributed by atoms with Crippen LogP contribution in [0.2, 0.25) is 0 Å². The molecule has 2 rings (SSSR count). The Morgan fingerprint density at radius 3 is 2.71 bits per heavy atom. The number of anilines is 1. The van der Waals surface area contributed by atoms with Gasteiger partial charge in [0.25, 0.3) is 0 Å². The fraction of sp³-hybridized carbons (Fsp3) is 0.200. The first-order valence-electron chi connectivity index (χ1n) is 6.34. The van der Waals surface area contributed by atoms with Gasteiger partial charge in [0, 0.05) is 4.47 Å². The zero-order chi connectivity index (χ0) is 15.2. The fourth-order valence-electron chi connectivity index (χ4n) is 1.66.